The van der Waals surface area contributed by atoms with Crippen LogP contribution in [-0.4, -0.2) is 81.6 Å². The first-order valence-corrected chi connectivity index (χ1v) is 13.0. The molecule has 2 aliphatic heterocycles. The van der Waals surface area contributed by atoms with E-state index in [1.165, 1.54) is 17.1 Å². The Labute approximate surface area is 193 Å². The largest absolute Gasteiger partial charge is 0.477 e. The van der Waals surface area contributed by atoms with Crippen molar-refractivity contribution in [2.75, 3.05) is 23.8 Å². The van der Waals surface area contributed by atoms with Crippen LogP contribution in [0.25, 0.3) is 0 Å². The number of nitrogens with two attached hydrogens (primary N) is 2. The Bertz CT molecular complexity index is 1120. The van der Waals surface area contributed by atoms with Crippen molar-refractivity contribution >= 4 is 73.7 Å². The van der Waals surface area contributed by atoms with E-state index in [0.717, 1.165) is 28.0 Å². The Kier molecular flexibility index (Phi) is 7.30. The lowest BCUT2D eigenvalue weighted by Crippen LogP contribution is -2.71. The zero-order chi connectivity index (χ0) is 23.6. The van der Waals surface area contributed by atoms with Gasteiger partial charge in [-0.1, -0.05) is 5.16 Å². The number of nitrogens with zero attached hydrogens (tertiary/aromatic N) is 3. The molecule has 0 spiro atoms. The summed E-state index contributed by atoms with van der Waals surface area (Å²) in [6, 6.07) is -1.04. The highest BCUT2D eigenvalue weighted by molar-refractivity contribution is 8.06. The average Bonchev–Trinajstić information content (AvgIpc) is 3.14. The van der Waals surface area contributed by atoms with Crippen molar-refractivity contribution in [3.63, 3.8) is 0 Å². The van der Waals surface area contributed by atoms with Crippen LogP contribution in [0.5, 0.6) is 0 Å². The summed E-state index contributed by atoms with van der Waals surface area (Å²) in [7, 11) is -3.86. The summed E-state index contributed by atoms with van der Waals surface area (Å²) < 4.78 is 23.9. The Hall–Kier alpha value is -2.38. The molecule has 3 rings (SSSR count). The van der Waals surface area contributed by atoms with Gasteiger partial charge in [0.1, 0.15) is 22.8 Å². The molecule has 1 aromatic heterocycles. The van der Waals surface area contributed by atoms with Crippen LogP contribution in [0.2, 0.25) is 0 Å². The van der Waals surface area contributed by atoms with E-state index in [1.54, 1.807) is 0 Å². The lowest BCUT2D eigenvalue weighted by Gasteiger charge is -2.49. The summed E-state index contributed by atoms with van der Waals surface area (Å²) >= 11 is 3.34. The fourth-order valence-electron chi connectivity index (χ4n) is 2.88. The van der Waals surface area contributed by atoms with Crippen molar-refractivity contribution in [1.82, 2.24) is 19.9 Å². The van der Waals surface area contributed by atoms with Crippen LogP contribution < -0.4 is 20.9 Å². The van der Waals surface area contributed by atoms with Crippen LogP contribution >= 0.6 is 34.9 Å². The number of hydrogen-bond acceptors (Lipinski definition) is 12. The van der Waals surface area contributed by atoms with Gasteiger partial charge in [0.2, 0.25) is 0 Å². The molecule has 174 valence electrons. The van der Waals surface area contributed by atoms with Crippen LogP contribution in [0.3, 0.4) is 0 Å². The number of carbonyl (C=O) groups excluding carboxylic acids is 2. The minimum Gasteiger partial charge on any atom is -0.477 e. The smallest absolute Gasteiger partial charge is 0.353 e. The number of anilines is 1. The summed E-state index contributed by atoms with van der Waals surface area (Å²) in [6.45, 7) is -0.0228. The molecule has 0 radical (unpaired) electrons. The van der Waals surface area contributed by atoms with Crippen molar-refractivity contribution in [1.29, 1.82) is 0 Å². The third-order valence-corrected chi connectivity index (χ3v) is 8.02. The average molecular weight is 524 g/mol. The van der Waals surface area contributed by atoms with Crippen LogP contribution in [0, 0.1) is 0 Å². The lowest BCUT2D eigenvalue weighted by molar-refractivity contribution is -0.150. The summed E-state index contributed by atoms with van der Waals surface area (Å²) in [4.78, 5) is 42.2. The first-order chi connectivity index (χ1) is 15.0. The van der Waals surface area contributed by atoms with Gasteiger partial charge in [-0.15, -0.1) is 34.9 Å². The lowest BCUT2D eigenvalue weighted by atomic mass is 10.0. The Morgan fingerprint density at radius 3 is 2.72 bits per heavy atom. The second kappa shape index (κ2) is 9.63. The minimum absolute atomic E-state index is 0.0228. The molecule has 18 heteroatoms. The van der Waals surface area contributed by atoms with E-state index in [-0.39, 0.29) is 34.6 Å². The molecule has 0 saturated carbocycles. The maximum atomic E-state index is 12.7. The number of nitrogens with one attached hydrogen (secondary N) is 2. The highest BCUT2D eigenvalue weighted by Gasteiger charge is 2.54. The number of oxime groups is 1. The molecule has 0 aliphatic carbocycles. The number of fused-ring (bicyclic) bond motifs is 1. The molecule has 2 aliphatic rings. The number of thiazole rings is 1. The maximum absolute atomic E-state index is 12.7. The number of carbonyl (C=O) groups is 3. The molecule has 1 aromatic rings. The topological polar surface area (TPSA) is 230 Å². The van der Waals surface area contributed by atoms with E-state index in [4.69, 9.17) is 10.9 Å². The number of amides is 2. The van der Waals surface area contributed by atoms with Gasteiger partial charge < -0.3 is 21.4 Å². The van der Waals surface area contributed by atoms with Gasteiger partial charge in [-0.05, 0) is 0 Å². The molecule has 1 unspecified atom stereocenters. The zero-order valence-electron chi connectivity index (χ0n) is 15.9. The number of hydrogen-bond donors (Lipinski definition) is 6. The quantitative estimate of drug-likeness (QED) is 0.0689. The Morgan fingerprint density at radius 2 is 2.16 bits per heavy atom. The molecule has 0 aromatic carbocycles. The van der Waals surface area contributed by atoms with E-state index in [9.17, 15) is 33.1 Å². The van der Waals surface area contributed by atoms with Gasteiger partial charge in [-0.2, -0.15) is 8.42 Å². The summed E-state index contributed by atoms with van der Waals surface area (Å²) in [5.41, 5.74) is 4.88. The normalized spacial score (nSPS) is 21.2. The molecule has 2 amide bonds. The monoisotopic (exact) mass is 523 g/mol. The van der Waals surface area contributed by atoms with Crippen molar-refractivity contribution in [3.05, 3.63) is 21.7 Å². The van der Waals surface area contributed by atoms with E-state index in [1.807, 2.05) is 0 Å². The molecule has 3 heterocycles. The van der Waals surface area contributed by atoms with E-state index < -0.39 is 45.1 Å². The van der Waals surface area contributed by atoms with Crippen molar-refractivity contribution in [2.45, 2.75) is 11.4 Å². The molecule has 1 fully saturated rings. The fourth-order valence-corrected chi connectivity index (χ4v) is 6.45. The second-order valence-electron chi connectivity index (χ2n) is 6.25. The number of thioether (sulfide) groups is 2. The molecule has 32 heavy (non-hydrogen) atoms. The second-order valence-corrected chi connectivity index (χ2v) is 10.8. The van der Waals surface area contributed by atoms with Crippen molar-refractivity contribution in [3.8, 4) is 0 Å². The summed E-state index contributed by atoms with van der Waals surface area (Å²) in [5.74, 6) is -2.42. The highest BCUT2D eigenvalue weighted by atomic mass is 32.2. The SMILES string of the molecule is Nc1nc(/C(=N/O)C(=O)NC2C(=O)N3C(C(=O)O)=C(SCCNS(N)(=O)=O)CS[C@H]23)cs1. The number of aromatic nitrogens is 1. The van der Waals surface area contributed by atoms with Gasteiger partial charge in [0.25, 0.3) is 22.0 Å². The zero-order valence-corrected chi connectivity index (χ0v) is 19.2. The number of β-lactam (4-membered cyclic amide) rings is 1. The summed E-state index contributed by atoms with van der Waals surface area (Å²) in [5, 5.41) is 29.9. The number of carboxylic acids is 1. The molecular weight excluding hydrogens is 506 g/mol. The molecule has 2 atom stereocenters. The van der Waals surface area contributed by atoms with Gasteiger partial charge in [-0.25, -0.2) is 19.6 Å². The predicted octanol–water partition coefficient (Wildman–Crippen LogP) is -1.87. The number of aliphatic carboxylic acids is 1. The Morgan fingerprint density at radius 1 is 1.44 bits per heavy atom. The standard InChI is InChI=1S/C14H17N7O7S4/c15-14-18-5(3-31-14)7(20-26)10(22)19-8-11(23)21-9(13(24)25)6(4-30-12(8)21)29-2-1-17-32(16,27)28/h3,8,12,17,26H,1-2,4H2,(H2,15,18)(H,19,22)(H,24,25)(H2,16,27,28)/b20-7-/t8?,12-/m1/s1. The van der Waals surface area contributed by atoms with Gasteiger partial charge in [0.05, 0.1) is 0 Å². The Balaban J connectivity index is 1.69. The molecule has 1 saturated heterocycles. The van der Waals surface area contributed by atoms with Crippen molar-refractivity contribution < 1.29 is 33.1 Å². The molecule has 8 N–H and O–H groups in total. The van der Waals surface area contributed by atoms with E-state index in [0.29, 0.717) is 4.91 Å². The fraction of sp³-hybridized carbons (Fsp3) is 0.357. The molecule has 0 bridgehead atoms. The van der Waals surface area contributed by atoms with Crippen LogP contribution in [0.15, 0.2) is 21.1 Å². The highest BCUT2D eigenvalue weighted by Crippen LogP contribution is 2.43. The van der Waals surface area contributed by atoms with Gasteiger partial charge in [-0.3, -0.25) is 14.5 Å². The molecule has 14 nitrogen and oxygen atoms in total. The third kappa shape index (κ3) is 5.15. The first kappa shape index (κ1) is 24.3. The number of nitrogen functional groups attached to an aromatic ring is 1. The van der Waals surface area contributed by atoms with Gasteiger partial charge >= 0.3 is 5.97 Å². The minimum atomic E-state index is -3.86. The van der Waals surface area contributed by atoms with Crippen LogP contribution in [-0.2, 0) is 24.6 Å². The first-order valence-electron chi connectivity index (χ1n) is 8.59. The van der Waals surface area contributed by atoms with Crippen LogP contribution in [0.4, 0.5) is 5.13 Å². The van der Waals surface area contributed by atoms with Gasteiger partial charge in [0, 0.05) is 28.3 Å². The number of rotatable bonds is 9. The van der Waals surface area contributed by atoms with E-state index in [2.05, 4.69) is 20.2 Å². The predicted molar refractivity (Wildman–Crippen MR) is 118 cm³/mol. The third-order valence-electron chi connectivity index (χ3n) is 4.18. The van der Waals surface area contributed by atoms with Crippen LogP contribution in [0.1, 0.15) is 5.69 Å². The summed E-state index contributed by atoms with van der Waals surface area (Å²) in [6.07, 6.45) is 0. The van der Waals surface area contributed by atoms with E-state index >= 15 is 0 Å². The number of carboxylic acid groups (broad SMARTS) is 1. The maximum Gasteiger partial charge on any atom is 0.353 e. The van der Waals surface area contributed by atoms with Crippen molar-refractivity contribution in [2.24, 2.45) is 10.3 Å². The van der Waals surface area contributed by atoms with Gasteiger partial charge in [0.15, 0.2) is 10.8 Å². The molecular formula is C14H17N7O7S4.